The molecule has 1 aliphatic heterocycles. The van der Waals surface area contributed by atoms with E-state index in [9.17, 15) is 0 Å². The van der Waals surface area contributed by atoms with E-state index in [0.717, 1.165) is 50.0 Å². The zero-order valence-corrected chi connectivity index (χ0v) is 12.9. The molecule has 112 valence electrons. The predicted molar refractivity (Wildman–Crippen MR) is 81.8 cm³/mol. The number of nitrogens with zero attached hydrogens (tertiary/aromatic N) is 1. The van der Waals surface area contributed by atoms with Gasteiger partial charge in [0.2, 0.25) is 0 Å². The summed E-state index contributed by atoms with van der Waals surface area (Å²) in [6.07, 6.45) is 1.15. The highest BCUT2D eigenvalue weighted by atomic mass is 35.5. The molecule has 0 aromatic heterocycles. The fraction of sp³-hybridized carbons (Fsp3) is 0.600. The Hall–Kier alpha value is -0.810. The molecule has 1 N–H and O–H groups in total. The number of benzene rings is 1. The summed E-state index contributed by atoms with van der Waals surface area (Å²) in [6.45, 7) is 4.57. The summed E-state index contributed by atoms with van der Waals surface area (Å²) >= 11 is 5.99. The van der Waals surface area contributed by atoms with Crippen LogP contribution in [0.5, 0.6) is 5.75 Å². The van der Waals surface area contributed by atoms with Crippen molar-refractivity contribution in [2.75, 3.05) is 46.9 Å². The van der Waals surface area contributed by atoms with E-state index in [0.29, 0.717) is 0 Å². The van der Waals surface area contributed by atoms with Gasteiger partial charge in [0.05, 0.1) is 6.61 Å². The molecule has 4 nitrogen and oxygen atoms in total. The highest BCUT2D eigenvalue weighted by Crippen LogP contribution is 2.30. The van der Waals surface area contributed by atoms with Gasteiger partial charge in [0, 0.05) is 44.7 Å². The summed E-state index contributed by atoms with van der Waals surface area (Å²) in [6, 6.07) is 5.83. The van der Waals surface area contributed by atoms with E-state index < -0.39 is 0 Å². The van der Waals surface area contributed by atoms with Crippen molar-refractivity contribution in [3.8, 4) is 5.75 Å². The zero-order valence-electron chi connectivity index (χ0n) is 12.2. The zero-order chi connectivity index (χ0) is 14.4. The molecule has 1 unspecified atom stereocenters. The Kier molecular flexibility index (Phi) is 6.10. The van der Waals surface area contributed by atoms with Crippen molar-refractivity contribution in [1.82, 2.24) is 10.2 Å². The number of hydrogen-bond acceptors (Lipinski definition) is 4. The van der Waals surface area contributed by atoms with Crippen LogP contribution in [0, 0.1) is 0 Å². The molecule has 0 bridgehead atoms. The summed E-state index contributed by atoms with van der Waals surface area (Å²) in [5, 5.41) is 4.22. The average Bonchev–Trinajstić information content (AvgIpc) is 2.83. The number of ether oxygens (including phenoxy) is 2. The molecule has 0 saturated carbocycles. The van der Waals surface area contributed by atoms with Crippen LogP contribution in [0.2, 0.25) is 5.02 Å². The molecule has 0 fully saturated rings. The van der Waals surface area contributed by atoms with Crippen molar-refractivity contribution in [3.05, 3.63) is 28.8 Å². The standard InChI is InChI=1S/C15H23ClN2O2/c1-18(7-8-19-2)6-5-17-11-14-10-12-9-13(16)3-4-15(12)20-14/h3-4,9,14,17H,5-8,10-11H2,1-2H3. The van der Waals surface area contributed by atoms with Crippen molar-refractivity contribution in [2.24, 2.45) is 0 Å². The van der Waals surface area contributed by atoms with Gasteiger partial charge in [-0.25, -0.2) is 0 Å². The fourth-order valence-corrected chi connectivity index (χ4v) is 2.49. The van der Waals surface area contributed by atoms with Crippen molar-refractivity contribution >= 4 is 11.6 Å². The summed E-state index contributed by atoms with van der Waals surface area (Å²) in [5.74, 6) is 0.971. The first kappa shape index (κ1) is 15.6. The van der Waals surface area contributed by atoms with Crippen molar-refractivity contribution < 1.29 is 9.47 Å². The van der Waals surface area contributed by atoms with Gasteiger partial charge in [-0.2, -0.15) is 0 Å². The summed E-state index contributed by atoms with van der Waals surface area (Å²) in [7, 11) is 3.83. The van der Waals surface area contributed by atoms with E-state index in [1.54, 1.807) is 7.11 Å². The van der Waals surface area contributed by atoms with Crippen LogP contribution in [0.15, 0.2) is 18.2 Å². The van der Waals surface area contributed by atoms with Gasteiger partial charge in [-0.1, -0.05) is 11.6 Å². The number of nitrogens with one attached hydrogen (secondary N) is 1. The molecule has 0 amide bonds. The van der Waals surface area contributed by atoms with Crippen LogP contribution in [0.4, 0.5) is 0 Å². The number of hydrogen-bond donors (Lipinski definition) is 1. The monoisotopic (exact) mass is 298 g/mol. The van der Waals surface area contributed by atoms with Crippen LogP contribution in [-0.4, -0.2) is 57.9 Å². The Bertz CT molecular complexity index is 428. The van der Waals surface area contributed by atoms with Crippen LogP contribution in [0.3, 0.4) is 0 Å². The second-order valence-corrected chi connectivity index (χ2v) is 5.63. The number of rotatable bonds is 8. The van der Waals surface area contributed by atoms with E-state index in [-0.39, 0.29) is 6.10 Å². The summed E-state index contributed by atoms with van der Waals surface area (Å²) in [4.78, 5) is 2.25. The lowest BCUT2D eigenvalue weighted by Crippen LogP contribution is -2.36. The van der Waals surface area contributed by atoms with Crippen molar-refractivity contribution in [2.45, 2.75) is 12.5 Å². The minimum Gasteiger partial charge on any atom is -0.488 e. The van der Waals surface area contributed by atoms with Gasteiger partial charge in [0.25, 0.3) is 0 Å². The third-order valence-corrected chi connectivity index (χ3v) is 3.72. The van der Waals surface area contributed by atoms with Crippen LogP contribution in [-0.2, 0) is 11.2 Å². The molecule has 1 atom stereocenters. The van der Waals surface area contributed by atoms with Crippen molar-refractivity contribution in [1.29, 1.82) is 0 Å². The van der Waals surface area contributed by atoms with Gasteiger partial charge in [-0.15, -0.1) is 0 Å². The lowest BCUT2D eigenvalue weighted by atomic mass is 10.1. The average molecular weight is 299 g/mol. The number of halogens is 1. The van der Waals surface area contributed by atoms with Crippen LogP contribution < -0.4 is 10.1 Å². The molecular formula is C15H23ClN2O2. The number of likely N-dealkylation sites (N-methyl/N-ethyl adjacent to an activating group) is 1. The normalized spacial score (nSPS) is 17.3. The highest BCUT2D eigenvalue weighted by molar-refractivity contribution is 6.30. The molecule has 0 spiro atoms. The fourth-order valence-electron chi connectivity index (χ4n) is 2.29. The second-order valence-electron chi connectivity index (χ2n) is 5.20. The lowest BCUT2D eigenvalue weighted by Gasteiger charge is -2.17. The van der Waals surface area contributed by atoms with Gasteiger partial charge < -0.3 is 19.7 Å². The molecule has 1 aliphatic rings. The lowest BCUT2D eigenvalue weighted by molar-refractivity contribution is 0.160. The molecular weight excluding hydrogens is 276 g/mol. The Balaban J connectivity index is 1.62. The van der Waals surface area contributed by atoms with Gasteiger partial charge in [-0.05, 0) is 30.8 Å². The van der Waals surface area contributed by atoms with E-state index >= 15 is 0 Å². The first-order chi connectivity index (χ1) is 9.69. The maximum Gasteiger partial charge on any atom is 0.123 e. The van der Waals surface area contributed by atoms with Crippen molar-refractivity contribution in [3.63, 3.8) is 0 Å². The maximum atomic E-state index is 5.99. The summed E-state index contributed by atoms with van der Waals surface area (Å²) in [5.41, 5.74) is 1.21. The first-order valence-electron chi connectivity index (χ1n) is 7.02. The van der Waals surface area contributed by atoms with Gasteiger partial charge in [0.15, 0.2) is 0 Å². The quantitative estimate of drug-likeness (QED) is 0.742. The number of fused-ring (bicyclic) bond motifs is 1. The van der Waals surface area contributed by atoms with E-state index in [2.05, 4.69) is 17.3 Å². The molecule has 0 saturated heterocycles. The smallest absolute Gasteiger partial charge is 0.123 e. The molecule has 0 radical (unpaired) electrons. The van der Waals surface area contributed by atoms with Gasteiger partial charge in [0.1, 0.15) is 11.9 Å². The molecule has 0 aliphatic carbocycles. The molecule has 1 heterocycles. The Labute approximate surface area is 126 Å². The molecule has 1 aromatic carbocycles. The van der Waals surface area contributed by atoms with Crippen LogP contribution in [0.25, 0.3) is 0 Å². The molecule has 20 heavy (non-hydrogen) atoms. The SMILES string of the molecule is COCCN(C)CCNCC1Cc2cc(Cl)ccc2O1. The maximum absolute atomic E-state index is 5.99. The Morgan fingerprint density at radius 1 is 1.45 bits per heavy atom. The minimum atomic E-state index is 0.216. The van der Waals surface area contributed by atoms with E-state index in [1.165, 1.54) is 5.56 Å². The third kappa shape index (κ3) is 4.63. The number of methoxy groups -OCH3 is 1. The molecule has 1 aromatic rings. The third-order valence-electron chi connectivity index (χ3n) is 3.48. The minimum absolute atomic E-state index is 0.216. The van der Waals surface area contributed by atoms with E-state index in [4.69, 9.17) is 21.1 Å². The topological polar surface area (TPSA) is 33.7 Å². The van der Waals surface area contributed by atoms with E-state index in [1.807, 2.05) is 18.2 Å². The highest BCUT2D eigenvalue weighted by Gasteiger charge is 2.22. The van der Waals surface area contributed by atoms with Crippen LogP contribution >= 0.6 is 11.6 Å². The Morgan fingerprint density at radius 3 is 3.10 bits per heavy atom. The van der Waals surface area contributed by atoms with Gasteiger partial charge >= 0.3 is 0 Å². The summed E-state index contributed by atoms with van der Waals surface area (Å²) < 4.78 is 10.9. The largest absolute Gasteiger partial charge is 0.488 e. The molecule has 2 rings (SSSR count). The first-order valence-corrected chi connectivity index (χ1v) is 7.40. The Morgan fingerprint density at radius 2 is 2.30 bits per heavy atom. The second kappa shape index (κ2) is 7.84. The molecule has 5 heteroatoms. The van der Waals surface area contributed by atoms with Crippen LogP contribution in [0.1, 0.15) is 5.56 Å². The van der Waals surface area contributed by atoms with Gasteiger partial charge in [-0.3, -0.25) is 0 Å². The predicted octanol–water partition coefficient (Wildman–Crippen LogP) is 1.81.